The van der Waals surface area contributed by atoms with E-state index in [4.69, 9.17) is 4.52 Å². The molecule has 0 saturated heterocycles. The van der Waals surface area contributed by atoms with Crippen LogP contribution in [0.5, 0.6) is 0 Å². The molecule has 4 nitrogen and oxygen atoms in total. The predicted molar refractivity (Wildman–Crippen MR) is 71.2 cm³/mol. The van der Waals surface area contributed by atoms with Gasteiger partial charge in [0, 0.05) is 18.0 Å². The molecule has 1 aromatic carbocycles. The van der Waals surface area contributed by atoms with Crippen molar-refractivity contribution in [1.82, 2.24) is 15.5 Å². The Balaban J connectivity index is 1.97. The van der Waals surface area contributed by atoms with Crippen molar-refractivity contribution in [3.8, 4) is 11.4 Å². The smallest absolute Gasteiger partial charge is 0.227 e. The van der Waals surface area contributed by atoms with Crippen LogP contribution in [0.3, 0.4) is 0 Å². The SMILES string of the molecule is CCNC(C)CCc1nc(-c2ccc(F)cc2)no1. The number of rotatable bonds is 6. The van der Waals surface area contributed by atoms with Crippen LogP contribution in [0.1, 0.15) is 26.2 Å². The van der Waals surface area contributed by atoms with Gasteiger partial charge in [-0.2, -0.15) is 4.98 Å². The van der Waals surface area contributed by atoms with Crippen LogP contribution in [0.25, 0.3) is 11.4 Å². The van der Waals surface area contributed by atoms with Crippen molar-refractivity contribution >= 4 is 0 Å². The number of nitrogens with one attached hydrogen (secondary N) is 1. The first-order valence-electron chi connectivity index (χ1n) is 6.51. The van der Waals surface area contributed by atoms with E-state index in [9.17, 15) is 4.39 Å². The summed E-state index contributed by atoms with van der Waals surface area (Å²) in [6.07, 6.45) is 1.68. The highest BCUT2D eigenvalue weighted by Crippen LogP contribution is 2.16. The minimum Gasteiger partial charge on any atom is -0.339 e. The molecule has 19 heavy (non-hydrogen) atoms. The van der Waals surface area contributed by atoms with E-state index in [1.165, 1.54) is 12.1 Å². The Morgan fingerprint density at radius 3 is 2.74 bits per heavy atom. The molecule has 102 valence electrons. The van der Waals surface area contributed by atoms with E-state index in [1.807, 2.05) is 0 Å². The zero-order valence-electron chi connectivity index (χ0n) is 11.2. The molecule has 0 fully saturated rings. The number of aryl methyl sites for hydroxylation is 1. The first kappa shape index (κ1) is 13.7. The highest BCUT2D eigenvalue weighted by Gasteiger charge is 2.10. The van der Waals surface area contributed by atoms with E-state index in [2.05, 4.69) is 29.3 Å². The molecule has 1 unspecified atom stereocenters. The lowest BCUT2D eigenvalue weighted by atomic mass is 10.2. The molecule has 0 aliphatic carbocycles. The van der Waals surface area contributed by atoms with Crippen LogP contribution < -0.4 is 5.32 Å². The Hall–Kier alpha value is -1.75. The van der Waals surface area contributed by atoms with Crippen molar-refractivity contribution in [3.63, 3.8) is 0 Å². The Bertz CT molecular complexity index is 510. The quantitative estimate of drug-likeness (QED) is 0.870. The van der Waals surface area contributed by atoms with Crippen molar-refractivity contribution < 1.29 is 8.91 Å². The molecule has 0 saturated carbocycles. The molecule has 0 spiro atoms. The normalized spacial score (nSPS) is 12.6. The minimum atomic E-state index is -0.271. The molecule has 5 heteroatoms. The third-order valence-corrected chi connectivity index (χ3v) is 2.91. The summed E-state index contributed by atoms with van der Waals surface area (Å²) in [5.74, 6) is 0.849. The van der Waals surface area contributed by atoms with Crippen molar-refractivity contribution in [3.05, 3.63) is 36.0 Å². The Labute approximate surface area is 112 Å². The van der Waals surface area contributed by atoms with Gasteiger partial charge in [-0.1, -0.05) is 12.1 Å². The summed E-state index contributed by atoms with van der Waals surface area (Å²) in [6, 6.07) is 6.49. The third-order valence-electron chi connectivity index (χ3n) is 2.91. The summed E-state index contributed by atoms with van der Waals surface area (Å²) in [4.78, 5) is 4.31. The van der Waals surface area contributed by atoms with E-state index in [1.54, 1.807) is 12.1 Å². The molecule has 1 heterocycles. The van der Waals surface area contributed by atoms with Gasteiger partial charge in [0.1, 0.15) is 5.82 Å². The van der Waals surface area contributed by atoms with Crippen LogP contribution in [-0.4, -0.2) is 22.7 Å². The molecule has 0 radical (unpaired) electrons. The maximum absolute atomic E-state index is 12.8. The largest absolute Gasteiger partial charge is 0.339 e. The summed E-state index contributed by atoms with van der Waals surface area (Å²) >= 11 is 0. The summed E-state index contributed by atoms with van der Waals surface area (Å²) in [6.45, 7) is 5.16. The average Bonchev–Trinajstić information content (AvgIpc) is 2.86. The van der Waals surface area contributed by atoms with E-state index in [-0.39, 0.29) is 5.82 Å². The second-order valence-electron chi connectivity index (χ2n) is 4.52. The standard InChI is InChI=1S/C14H18FN3O/c1-3-16-10(2)4-9-13-17-14(18-19-13)11-5-7-12(15)8-6-11/h5-8,10,16H,3-4,9H2,1-2H3. The maximum atomic E-state index is 12.8. The number of hydrogen-bond donors (Lipinski definition) is 1. The predicted octanol–water partition coefficient (Wildman–Crippen LogP) is 2.81. The molecule has 0 amide bonds. The van der Waals surface area contributed by atoms with E-state index in [0.29, 0.717) is 17.8 Å². The second-order valence-corrected chi connectivity index (χ2v) is 4.52. The number of benzene rings is 1. The zero-order valence-corrected chi connectivity index (χ0v) is 11.2. The number of hydrogen-bond acceptors (Lipinski definition) is 4. The monoisotopic (exact) mass is 263 g/mol. The van der Waals surface area contributed by atoms with Crippen molar-refractivity contribution in [2.45, 2.75) is 32.7 Å². The lowest BCUT2D eigenvalue weighted by Gasteiger charge is -2.09. The van der Waals surface area contributed by atoms with Crippen LogP contribution in [0.15, 0.2) is 28.8 Å². The van der Waals surface area contributed by atoms with Crippen LogP contribution >= 0.6 is 0 Å². The fourth-order valence-electron chi connectivity index (χ4n) is 1.86. The van der Waals surface area contributed by atoms with Gasteiger partial charge in [-0.15, -0.1) is 0 Å². The second kappa shape index (κ2) is 6.43. The number of nitrogens with zero attached hydrogens (tertiary/aromatic N) is 2. The molecule has 1 aromatic heterocycles. The van der Waals surface area contributed by atoms with E-state index in [0.717, 1.165) is 24.9 Å². The minimum absolute atomic E-state index is 0.271. The molecule has 0 aliphatic heterocycles. The van der Waals surface area contributed by atoms with Gasteiger partial charge >= 0.3 is 0 Å². The number of aromatic nitrogens is 2. The summed E-state index contributed by atoms with van der Waals surface area (Å²) in [5.41, 5.74) is 0.760. The molecule has 1 N–H and O–H groups in total. The molecule has 1 atom stereocenters. The van der Waals surface area contributed by atoms with Gasteiger partial charge < -0.3 is 9.84 Å². The number of halogens is 1. The van der Waals surface area contributed by atoms with Crippen molar-refractivity contribution in [1.29, 1.82) is 0 Å². The highest BCUT2D eigenvalue weighted by molar-refractivity contribution is 5.53. The molecular weight excluding hydrogens is 245 g/mol. The molecule has 0 bridgehead atoms. The lowest BCUT2D eigenvalue weighted by Crippen LogP contribution is -2.25. The first-order valence-corrected chi connectivity index (χ1v) is 6.51. The van der Waals surface area contributed by atoms with Crippen molar-refractivity contribution in [2.75, 3.05) is 6.54 Å². The van der Waals surface area contributed by atoms with Crippen molar-refractivity contribution in [2.24, 2.45) is 0 Å². The van der Waals surface area contributed by atoms with E-state index < -0.39 is 0 Å². The van der Waals surface area contributed by atoms with Crippen LogP contribution in [0.4, 0.5) is 4.39 Å². The Morgan fingerprint density at radius 1 is 1.32 bits per heavy atom. The van der Waals surface area contributed by atoms with Crippen LogP contribution in [0.2, 0.25) is 0 Å². The molecular formula is C14H18FN3O. The topological polar surface area (TPSA) is 51.0 Å². The van der Waals surface area contributed by atoms with Gasteiger partial charge in [0.25, 0.3) is 0 Å². The fraction of sp³-hybridized carbons (Fsp3) is 0.429. The third kappa shape index (κ3) is 3.86. The highest BCUT2D eigenvalue weighted by atomic mass is 19.1. The van der Waals surface area contributed by atoms with Gasteiger partial charge in [-0.25, -0.2) is 4.39 Å². The lowest BCUT2D eigenvalue weighted by molar-refractivity contribution is 0.368. The molecule has 2 aromatic rings. The Kier molecular flexibility index (Phi) is 4.63. The zero-order chi connectivity index (χ0) is 13.7. The van der Waals surface area contributed by atoms with E-state index >= 15 is 0 Å². The fourth-order valence-corrected chi connectivity index (χ4v) is 1.86. The molecule has 2 rings (SSSR count). The summed E-state index contributed by atoms with van der Waals surface area (Å²) in [7, 11) is 0. The molecule has 0 aliphatic rings. The first-order chi connectivity index (χ1) is 9.19. The average molecular weight is 263 g/mol. The van der Waals surface area contributed by atoms with Crippen LogP contribution in [-0.2, 0) is 6.42 Å². The van der Waals surface area contributed by atoms with Gasteiger partial charge in [0.15, 0.2) is 0 Å². The Morgan fingerprint density at radius 2 is 2.05 bits per heavy atom. The van der Waals surface area contributed by atoms with Gasteiger partial charge in [0.2, 0.25) is 11.7 Å². The summed E-state index contributed by atoms with van der Waals surface area (Å²) in [5, 5.41) is 7.24. The maximum Gasteiger partial charge on any atom is 0.227 e. The van der Waals surface area contributed by atoms with Gasteiger partial charge in [-0.3, -0.25) is 0 Å². The summed E-state index contributed by atoms with van der Waals surface area (Å²) < 4.78 is 18.0. The van der Waals surface area contributed by atoms with Gasteiger partial charge in [-0.05, 0) is 44.2 Å². The van der Waals surface area contributed by atoms with Crippen LogP contribution in [0, 0.1) is 5.82 Å². The van der Waals surface area contributed by atoms with Gasteiger partial charge in [0.05, 0.1) is 0 Å².